The van der Waals surface area contributed by atoms with Gasteiger partial charge in [-0.05, 0) is 98.2 Å². The Morgan fingerprint density at radius 1 is 0.579 bits per heavy atom. The Bertz CT molecular complexity index is 3250. The van der Waals surface area contributed by atoms with E-state index in [-0.39, 0.29) is 63.0 Å². The molecule has 2 aliphatic heterocycles. The highest BCUT2D eigenvalue weighted by atomic mass is 35.5. The van der Waals surface area contributed by atoms with Gasteiger partial charge in [0.05, 0.1) is 23.7 Å². The van der Waals surface area contributed by atoms with E-state index in [2.05, 4.69) is 16.0 Å². The summed E-state index contributed by atoms with van der Waals surface area (Å²) in [4.78, 5) is 170. The standard InChI is InChI=1S/C68H94Cl2F3N11O11/c1-16-41(6)58-67(95)78(10)38-57(87)84-31-30-51(84)64(92)81(13)53(36-46-22-26-47(69)27-23-46)63(91)77(9)37-55(85)75-50(29-25-45-24-28-48(49(70)34-45)68(71,72)73)62(90)80(12)52(32-39(2)3)65(93)82(14)54(35-44-20-18-17-19-21-44)66(94)83(15)59(40(4)5)61(89)74-42(7)33-56(86)79(11)43(8)60(88)76-58/h17-24,26-28,34,39-43,50-54,58-59H,16,25,29-33,35-38H2,1-15H3,(H,74,89)(H,75,85)(H,76,88)/t41-,42+,43-,50-,51-,52-,53-,54-,58-,59-/m0/s1. The molecular weight excluding hydrogens is 1270 g/mol. The molecule has 0 radical (unpaired) electrons. The minimum absolute atomic E-state index is 0.0233. The van der Waals surface area contributed by atoms with Gasteiger partial charge in [-0.15, -0.1) is 0 Å². The molecule has 22 nitrogen and oxygen atoms in total. The maximum atomic E-state index is 15.4. The molecule has 5 rings (SSSR count). The number of benzene rings is 3. The second kappa shape index (κ2) is 34.2. The Labute approximate surface area is 565 Å². The number of hydrogen-bond acceptors (Lipinski definition) is 11. The van der Waals surface area contributed by atoms with Crippen molar-refractivity contribution in [2.75, 3.05) is 69.0 Å². The molecule has 0 spiro atoms. The molecule has 0 aliphatic carbocycles. The summed E-state index contributed by atoms with van der Waals surface area (Å²) >= 11 is 12.4. The van der Waals surface area contributed by atoms with Crippen LogP contribution in [0.15, 0.2) is 72.8 Å². The number of amides is 11. The van der Waals surface area contributed by atoms with Crippen molar-refractivity contribution >= 4 is 88.2 Å². The third-order valence-corrected chi connectivity index (χ3v) is 18.7. The van der Waals surface area contributed by atoms with Gasteiger partial charge in [-0.2, -0.15) is 13.2 Å². The van der Waals surface area contributed by atoms with E-state index in [1.165, 1.54) is 86.8 Å². The average molecular weight is 1370 g/mol. The van der Waals surface area contributed by atoms with Crippen molar-refractivity contribution in [1.82, 2.24) is 55.1 Å². The lowest BCUT2D eigenvalue weighted by molar-refractivity contribution is -0.157. The number of nitrogens with one attached hydrogen (secondary N) is 3. The molecule has 95 heavy (non-hydrogen) atoms. The Kier molecular flexibility index (Phi) is 28.1. The lowest BCUT2D eigenvalue weighted by atomic mass is 9.96. The summed E-state index contributed by atoms with van der Waals surface area (Å²) < 4.78 is 41.6. The summed E-state index contributed by atoms with van der Waals surface area (Å²) in [5.74, 6) is -8.77. The highest BCUT2D eigenvalue weighted by Crippen LogP contribution is 2.35. The fourth-order valence-corrected chi connectivity index (χ4v) is 12.2. The van der Waals surface area contributed by atoms with Crippen LogP contribution in [0, 0.1) is 17.8 Å². The molecule has 0 unspecified atom stereocenters. The molecule has 10 atom stereocenters. The van der Waals surface area contributed by atoms with Crippen molar-refractivity contribution in [3.8, 4) is 0 Å². The van der Waals surface area contributed by atoms with Crippen molar-refractivity contribution in [3.05, 3.63) is 105 Å². The Hall–Kier alpha value is -7.80. The number of nitrogens with zero attached hydrogens (tertiary/aromatic N) is 8. The van der Waals surface area contributed by atoms with Crippen LogP contribution in [0.4, 0.5) is 13.2 Å². The second-order valence-electron chi connectivity index (χ2n) is 26.1. The zero-order valence-electron chi connectivity index (χ0n) is 57.1. The highest BCUT2D eigenvalue weighted by molar-refractivity contribution is 6.31. The highest BCUT2D eigenvalue weighted by Gasteiger charge is 2.45. The predicted octanol–water partition coefficient (Wildman–Crippen LogP) is 5.73. The number of alkyl halides is 3. The van der Waals surface area contributed by atoms with E-state index in [4.69, 9.17) is 23.2 Å². The van der Waals surface area contributed by atoms with Crippen LogP contribution < -0.4 is 16.0 Å². The third kappa shape index (κ3) is 20.4. The van der Waals surface area contributed by atoms with Crippen LogP contribution in [-0.2, 0) is 78.2 Å². The fraction of sp³-hybridized carbons (Fsp3) is 0.574. The number of hydrogen-bond donors (Lipinski definition) is 3. The maximum absolute atomic E-state index is 15.4. The lowest BCUT2D eigenvalue weighted by Crippen LogP contribution is -2.63. The molecule has 11 amide bonds. The van der Waals surface area contributed by atoms with Gasteiger partial charge in [0, 0.05) is 86.2 Å². The fourth-order valence-electron chi connectivity index (χ4n) is 11.8. The van der Waals surface area contributed by atoms with Gasteiger partial charge in [-0.3, -0.25) is 52.7 Å². The van der Waals surface area contributed by atoms with E-state index in [0.29, 0.717) is 22.6 Å². The monoisotopic (exact) mass is 1370 g/mol. The van der Waals surface area contributed by atoms with Crippen LogP contribution in [0.1, 0.15) is 110 Å². The Morgan fingerprint density at radius 3 is 1.67 bits per heavy atom. The summed E-state index contributed by atoms with van der Waals surface area (Å²) in [5.41, 5.74) is 0.377. The first-order chi connectivity index (χ1) is 44.4. The molecule has 3 N–H and O–H groups in total. The van der Waals surface area contributed by atoms with Gasteiger partial charge in [0.1, 0.15) is 48.3 Å². The number of fused-ring (bicyclic) bond motifs is 1. The van der Waals surface area contributed by atoms with Crippen molar-refractivity contribution in [2.45, 2.75) is 167 Å². The van der Waals surface area contributed by atoms with Crippen LogP contribution in [0.5, 0.6) is 0 Å². The molecule has 2 aliphatic rings. The molecule has 0 saturated carbocycles. The van der Waals surface area contributed by atoms with Gasteiger partial charge in [0.2, 0.25) is 65.0 Å². The van der Waals surface area contributed by atoms with Gasteiger partial charge < -0.3 is 55.1 Å². The topological polar surface area (TPSA) is 250 Å². The molecular formula is C68H94Cl2F3N11O11. The predicted molar refractivity (Wildman–Crippen MR) is 354 cm³/mol. The number of carbonyl (C=O) groups is 11. The molecule has 3 aromatic rings. The van der Waals surface area contributed by atoms with Crippen LogP contribution in [0.25, 0.3) is 0 Å². The quantitative estimate of drug-likeness (QED) is 0.198. The van der Waals surface area contributed by atoms with Crippen LogP contribution >= 0.6 is 23.2 Å². The third-order valence-electron chi connectivity index (χ3n) is 18.1. The van der Waals surface area contributed by atoms with Crippen molar-refractivity contribution < 1.29 is 65.9 Å². The summed E-state index contributed by atoms with van der Waals surface area (Å²) in [6.45, 7) is 12.6. The number of halogens is 5. The van der Waals surface area contributed by atoms with Crippen molar-refractivity contribution in [2.24, 2.45) is 17.8 Å². The molecule has 27 heteroatoms. The van der Waals surface area contributed by atoms with E-state index < -0.39 is 161 Å². The van der Waals surface area contributed by atoms with E-state index in [1.807, 2.05) is 20.8 Å². The zero-order chi connectivity index (χ0) is 71.2. The van der Waals surface area contributed by atoms with E-state index in [9.17, 15) is 51.5 Å². The van der Waals surface area contributed by atoms with E-state index >= 15 is 14.4 Å². The summed E-state index contributed by atoms with van der Waals surface area (Å²) in [5, 5.41) is 8.14. The van der Waals surface area contributed by atoms with Crippen molar-refractivity contribution in [3.63, 3.8) is 0 Å². The summed E-state index contributed by atoms with van der Waals surface area (Å²) in [6, 6.07) is 7.55. The van der Waals surface area contributed by atoms with Gasteiger partial charge in [-0.25, -0.2) is 0 Å². The Morgan fingerprint density at radius 2 is 1.13 bits per heavy atom. The largest absolute Gasteiger partial charge is 0.417 e. The maximum Gasteiger partial charge on any atom is 0.417 e. The molecule has 2 fully saturated rings. The molecule has 2 saturated heterocycles. The van der Waals surface area contributed by atoms with Gasteiger partial charge in [0.15, 0.2) is 0 Å². The first kappa shape index (κ1) is 77.9. The zero-order valence-corrected chi connectivity index (χ0v) is 58.6. The van der Waals surface area contributed by atoms with Gasteiger partial charge >= 0.3 is 6.18 Å². The first-order valence-electron chi connectivity index (χ1n) is 32.1. The number of rotatable bonds is 12. The van der Waals surface area contributed by atoms with Crippen LogP contribution in [0.3, 0.4) is 0 Å². The minimum atomic E-state index is -4.78. The Balaban J connectivity index is 1.62. The molecule has 2 heterocycles. The second-order valence-corrected chi connectivity index (χ2v) is 26.9. The van der Waals surface area contributed by atoms with Gasteiger partial charge in [-0.1, -0.05) is 120 Å². The average Bonchev–Trinajstić information content (AvgIpc) is 0.805. The van der Waals surface area contributed by atoms with E-state index in [1.54, 1.807) is 82.3 Å². The molecule has 3 aromatic carbocycles. The SMILES string of the molecule is CC[C@H](C)[C@@H]1NC(=O)[C@H](C)N(C)C(=O)C[C@@H](C)NC(=O)[C@H](C(C)C)N(C)C(=O)[C@H](Cc2ccccc2)N(C)C(=O)[C@H](CC(C)C)N(C)C(=O)[C@H](CCc2ccc(C(F)(F)F)c(Cl)c2)NC(=O)CN(C)C(=O)[C@H](Cc2ccc(Cl)cc2)N(C)C(=O)[C@@H]2CCN2C(=O)CN(C)C1=O. The summed E-state index contributed by atoms with van der Waals surface area (Å²) in [6.07, 6.45) is -4.98. The molecule has 0 bridgehead atoms. The van der Waals surface area contributed by atoms with E-state index in [0.717, 1.165) is 26.8 Å². The number of carbonyl (C=O) groups excluding carboxylic acids is 11. The lowest BCUT2D eigenvalue weighted by Gasteiger charge is -2.43. The van der Waals surface area contributed by atoms with Crippen LogP contribution in [0.2, 0.25) is 10.0 Å². The summed E-state index contributed by atoms with van der Waals surface area (Å²) in [7, 11) is 9.68. The smallest absolute Gasteiger partial charge is 0.351 e. The van der Waals surface area contributed by atoms with Crippen LogP contribution in [-0.4, -0.2) is 228 Å². The normalized spacial score (nSPS) is 24.6. The minimum Gasteiger partial charge on any atom is -0.351 e. The molecule has 0 aromatic heterocycles. The van der Waals surface area contributed by atoms with Crippen molar-refractivity contribution in [1.29, 1.82) is 0 Å². The number of aryl methyl sites for hydroxylation is 1. The number of likely N-dealkylation sites (N-methyl/N-ethyl adjacent to an activating group) is 7. The van der Waals surface area contributed by atoms with Gasteiger partial charge in [0.25, 0.3) is 0 Å². The molecule has 522 valence electrons. The first-order valence-corrected chi connectivity index (χ1v) is 32.8.